The zero-order valence-corrected chi connectivity index (χ0v) is 8.02. The molecule has 0 saturated carbocycles. The highest BCUT2D eigenvalue weighted by Crippen LogP contribution is 2.34. The number of pyridine rings is 1. The maximum Gasteiger partial charge on any atom is 0.420 e. The number of halogens is 6. The molecule has 2 nitrogen and oxygen atoms in total. The molecule has 0 spiro atoms. The van der Waals surface area contributed by atoms with Crippen molar-refractivity contribution in [3.05, 3.63) is 28.8 Å². The Kier molecular flexibility index (Phi) is 3.60. The summed E-state index contributed by atoms with van der Waals surface area (Å²) < 4.78 is 74.8. The highest BCUT2D eigenvalue weighted by molar-refractivity contribution is 5.32. The van der Waals surface area contributed by atoms with Crippen LogP contribution in [0.2, 0.25) is 0 Å². The molecule has 1 rings (SSSR count). The fourth-order valence-electron chi connectivity index (χ4n) is 1.18. The second-order valence-corrected chi connectivity index (χ2v) is 2.98. The fourth-order valence-corrected chi connectivity index (χ4v) is 1.18. The summed E-state index contributed by atoms with van der Waals surface area (Å²) in [5.41, 5.74) is -3.92. The van der Waals surface area contributed by atoms with Crippen LogP contribution in [-0.2, 0) is 12.6 Å². The molecule has 0 aliphatic rings. The Morgan fingerprint density at radius 3 is 2.35 bits per heavy atom. The van der Waals surface area contributed by atoms with Crippen LogP contribution in [-0.4, -0.2) is 4.98 Å². The van der Waals surface area contributed by atoms with Crippen molar-refractivity contribution in [1.29, 1.82) is 5.26 Å². The molecular weight excluding hydrogens is 250 g/mol. The van der Waals surface area contributed by atoms with E-state index < -0.39 is 41.7 Å². The van der Waals surface area contributed by atoms with Gasteiger partial charge in [-0.3, -0.25) is 4.98 Å². The highest BCUT2D eigenvalue weighted by atomic mass is 19.4. The van der Waals surface area contributed by atoms with Gasteiger partial charge in [0, 0.05) is 11.8 Å². The normalized spacial score (nSPS) is 11.6. The largest absolute Gasteiger partial charge is 0.420 e. The lowest BCUT2D eigenvalue weighted by atomic mass is 10.1. The average molecular weight is 254 g/mol. The first-order valence-corrected chi connectivity index (χ1v) is 4.18. The summed E-state index contributed by atoms with van der Waals surface area (Å²) in [6, 6.07) is 1.32. The highest BCUT2D eigenvalue weighted by Gasteiger charge is 2.37. The summed E-state index contributed by atoms with van der Waals surface area (Å²) in [6.07, 6.45) is -9.18. The standard InChI is InChI=1S/C9H4F6N2/c10-6-4(1-2-16)7(8(11)12)17-3-5(6)9(13,14)15/h3,8H,1H2. The van der Waals surface area contributed by atoms with Gasteiger partial charge in [-0.15, -0.1) is 0 Å². The van der Waals surface area contributed by atoms with E-state index in [-0.39, 0.29) is 6.20 Å². The quantitative estimate of drug-likeness (QED) is 0.759. The molecule has 0 radical (unpaired) electrons. The number of hydrogen-bond acceptors (Lipinski definition) is 2. The average Bonchev–Trinajstić information content (AvgIpc) is 2.18. The summed E-state index contributed by atoms with van der Waals surface area (Å²) in [7, 11) is 0. The van der Waals surface area contributed by atoms with Crippen LogP contribution in [0.4, 0.5) is 26.3 Å². The Balaban J connectivity index is 3.45. The first kappa shape index (κ1) is 13.3. The van der Waals surface area contributed by atoms with Crippen LogP contribution in [0.15, 0.2) is 6.20 Å². The molecule has 17 heavy (non-hydrogen) atoms. The van der Waals surface area contributed by atoms with Gasteiger partial charge in [-0.05, 0) is 0 Å². The molecule has 8 heteroatoms. The van der Waals surface area contributed by atoms with E-state index >= 15 is 0 Å². The van der Waals surface area contributed by atoms with Gasteiger partial charge in [-0.25, -0.2) is 13.2 Å². The molecule has 1 heterocycles. The van der Waals surface area contributed by atoms with E-state index in [9.17, 15) is 26.3 Å². The maximum absolute atomic E-state index is 13.3. The number of nitrogens with zero attached hydrogens (tertiary/aromatic N) is 2. The van der Waals surface area contributed by atoms with Crippen molar-refractivity contribution in [3.63, 3.8) is 0 Å². The third-order valence-corrected chi connectivity index (χ3v) is 1.91. The van der Waals surface area contributed by atoms with Gasteiger partial charge in [0.15, 0.2) is 0 Å². The predicted octanol–water partition coefficient (Wildman–Crippen LogP) is 3.24. The van der Waals surface area contributed by atoms with Crippen LogP contribution < -0.4 is 0 Å². The molecule has 0 unspecified atom stereocenters. The Bertz CT molecular complexity index is 460. The molecule has 0 N–H and O–H groups in total. The lowest BCUT2D eigenvalue weighted by Crippen LogP contribution is -2.13. The maximum atomic E-state index is 13.3. The van der Waals surface area contributed by atoms with Gasteiger partial charge in [-0.1, -0.05) is 0 Å². The van der Waals surface area contributed by atoms with Gasteiger partial charge in [0.1, 0.15) is 17.1 Å². The lowest BCUT2D eigenvalue weighted by molar-refractivity contribution is -0.140. The Labute approximate surface area is 91.5 Å². The van der Waals surface area contributed by atoms with Crippen molar-refractivity contribution in [2.24, 2.45) is 0 Å². The van der Waals surface area contributed by atoms with E-state index in [1.807, 2.05) is 0 Å². The van der Waals surface area contributed by atoms with E-state index in [1.165, 1.54) is 6.07 Å². The first-order valence-electron chi connectivity index (χ1n) is 4.18. The van der Waals surface area contributed by atoms with Crippen LogP contribution in [0.25, 0.3) is 0 Å². The van der Waals surface area contributed by atoms with Gasteiger partial charge in [-0.2, -0.15) is 18.4 Å². The second kappa shape index (κ2) is 4.61. The van der Waals surface area contributed by atoms with Crippen LogP contribution in [0.1, 0.15) is 23.2 Å². The molecular formula is C9H4F6N2. The van der Waals surface area contributed by atoms with E-state index in [0.717, 1.165) is 0 Å². The van der Waals surface area contributed by atoms with Crippen LogP contribution in [0, 0.1) is 17.1 Å². The molecule has 0 amide bonds. The monoisotopic (exact) mass is 254 g/mol. The van der Waals surface area contributed by atoms with Crippen LogP contribution in [0.5, 0.6) is 0 Å². The van der Waals surface area contributed by atoms with Crippen molar-refractivity contribution in [2.75, 3.05) is 0 Å². The SMILES string of the molecule is N#CCc1c(C(F)F)ncc(C(F)(F)F)c1F. The van der Waals surface area contributed by atoms with Gasteiger partial charge in [0.05, 0.1) is 12.5 Å². The van der Waals surface area contributed by atoms with Crippen LogP contribution in [0.3, 0.4) is 0 Å². The van der Waals surface area contributed by atoms with E-state index in [0.29, 0.717) is 0 Å². The van der Waals surface area contributed by atoms with Crippen molar-refractivity contribution in [3.8, 4) is 6.07 Å². The van der Waals surface area contributed by atoms with Crippen LogP contribution >= 0.6 is 0 Å². The zero-order chi connectivity index (χ0) is 13.2. The Hall–Kier alpha value is -1.78. The van der Waals surface area contributed by atoms with Crippen molar-refractivity contribution in [2.45, 2.75) is 19.0 Å². The topological polar surface area (TPSA) is 36.7 Å². The summed E-state index contributed by atoms with van der Waals surface area (Å²) in [6.45, 7) is 0. The third kappa shape index (κ3) is 2.67. The summed E-state index contributed by atoms with van der Waals surface area (Å²) in [5.74, 6) is -1.87. The minimum Gasteiger partial charge on any atom is -0.254 e. The molecule has 1 aromatic rings. The number of aromatic nitrogens is 1. The Morgan fingerprint density at radius 2 is 1.94 bits per heavy atom. The zero-order valence-electron chi connectivity index (χ0n) is 8.02. The molecule has 0 aliphatic carbocycles. The smallest absolute Gasteiger partial charge is 0.254 e. The minimum atomic E-state index is -5.04. The predicted molar refractivity (Wildman–Crippen MR) is 43.5 cm³/mol. The van der Waals surface area contributed by atoms with Gasteiger partial charge >= 0.3 is 6.18 Å². The van der Waals surface area contributed by atoms with Crippen molar-refractivity contribution in [1.82, 2.24) is 4.98 Å². The summed E-state index contributed by atoms with van der Waals surface area (Å²) >= 11 is 0. The van der Waals surface area contributed by atoms with E-state index in [1.54, 1.807) is 0 Å². The molecule has 0 bridgehead atoms. The van der Waals surface area contributed by atoms with Crippen molar-refractivity contribution < 1.29 is 26.3 Å². The van der Waals surface area contributed by atoms with Gasteiger partial charge in [0.25, 0.3) is 6.43 Å². The number of rotatable bonds is 2. The van der Waals surface area contributed by atoms with E-state index in [4.69, 9.17) is 5.26 Å². The third-order valence-electron chi connectivity index (χ3n) is 1.91. The lowest BCUT2D eigenvalue weighted by Gasteiger charge is -2.12. The first-order chi connectivity index (χ1) is 7.79. The summed E-state index contributed by atoms with van der Waals surface area (Å²) in [5, 5.41) is 8.27. The van der Waals surface area contributed by atoms with E-state index in [2.05, 4.69) is 4.98 Å². The molecule has 0 fully saturated rings. The number of hydrogen-bond donors (Lipinski definition) is 0. The van der Waals surface area contributed by atoms with Gasteiger partial charge < -0.3 is 0 Å². The fraction of sp³-hybridized carbons (Fsp3) is 0.333. The number of alkyl halides is 5. The molecule has 0 atom stereocenters. The molecule has 92 valence electrons. The van der Waals surface area contributed by atoms with Crippen molar-refractivity contribution >= 4 is 0 Å². The minimum absolute atomic E-state index is 0.00228. The number of nitriles is 1. The Morgan fingerprint density at radius 1 is 1.35 bits per heavy atom. The molecule has 0 saturated heterocycles. The molecule has 1 aromatic heterocycles. The second-order valence-electron chi connectivity index (χ2n) is 2.98. The molecule has 0 aliphatic heterocycles. The van der Waals surface area contributed by atoms with Gasteiger partial charge in [0.2, 0.25) is 0 Å². The summed E-state index contributed by atoms with van der Waals surface area (Å²) in [4.78, 5) is 2.86. The molecule has 0 aromatic carbocycles.